The Labute approximate surface area is 189 Å². The summed E-state index contributed by atoms with van der Waals surface area (Å²) in [6.07, 6.45) is 7.07. The van der Waals surface area contributed by atoms with Crippen molar-refractivity contribution in [2.75, 3.05) is 13.6 Å². The lowest BCUT2D eigenvalue weighted by molar-refractivity contribution is 0.368. The van der Waals surface area contributed by atoms with Crippen LogP contribution in [0.3, 0.4) is 0 Å². The molecule has 0 aliphatic carbocycles. The fraction of sp³-hybridized carbons (Fsp3) is 0.476. The van der Waals surface area contributed by atoms with Crippen LogP contribution in [0.1, 0.15) is 55.3 Å². The average Bonchev–Trinajstić information content (AvgIpc) is 3.33. The highest BCUT2D eigenvalue weighted by Crippen LogP contribution is 2.22. The molecule has 0 saturated heterocycles. The summed E-state index contributed by atoms with van der Waals surface area (Å²) in [5.74, 6) is 2.02. The molecule has 0 amide bonds. The molecule has 3 aromatic rings. The highest BCUT2D eigenvalue weighted by Gasteiger charge is 2.13. The van der Waals surface area contributed by atoms with E-state index in [1.807, 2.05) is 18.3 Å². The molecule has 0 aliphatic rings. The highest BCUT2D eigenvalue weighted by molar-refractivity contribution is 14.0. The molecule has 3 heterocycles. The van der Waals surface area contributed by atoms with Crippen LogP contribution in [0.4, 0.5) is 0 Å². The third-order valence-electron chi connectivity index (χ3n) is 5.04. The van der Waals surface area contributed by atoms with Crippen LogP contribution >= 0.6 is 24.0 Å². The first-order valence-electron chi connectivity index (χ1n) is 9.97. The van der Waals surface area contributed by atoms with Crippen LogP contribution in [0.5, 0.6) is 0 Å². The van der Waals surface area contributed by atoms with Crippen LogP contribution in [-0.2, 0) is 13.0 Å². The standard InChI is InChI=1S/C21H30N6O.HI/c1-5-16(6-2)19-12-18(28-26-19)13-24-21(22-4)23-10-9-17-14-27-11-7-8-15(3)20(27)25-17;/h7-8,11-12,14,16H,5-6,9-10,13H2,1-4H3,(H2,22,23,24);1H. The van der Waals surface area contributed by atoms with E-state index in [2.05, 4.69) is 58.2 Å². The molecule has 2 N–H and O–H groups in total. The third kappa shape index (κ3) is 5.94. The fourth-order valence-electron chi connectivity index (χ4n) is 3.34. The largest absolute Gasteiger partial charge is 0.359 e. The zero-order chi connectivity index (χ0) is 19.9. The van der Waals surface area contributed by atoms with Gasteiger partial charge < -0.3 is 19.6 Å². The lowest BCUT2D eigenvalue weighted by Crippen LogP contribution is -2.37. The predicted octanol–water partition coefficient (Wildman–Crippen LogP) is 4.06. The van der Waals surface area contributed by atoms with Gasteiger partial charge in [-0.1, -0.05) is 25.1 Å². The number of rotatable bonds is 8. The van der Waals surface area contributed by atoms with Crippen molar-refractivity contribution in [1.82, 2.24) is 25.2 Å². The maximum atomic E-state index is 5.45. The van der Waals surface area contributed by atoms with E-state index in [9.17, 15) is 0 Å². The molecule has 3 aromatic heterocycles. The minimum Gasteiger partial charge on any atom is -0.359 e. The van der Waals surface area contributed by atoms with Crippen molar-refractivity contribution < 1.29 is 4.52 Å². The van der Waals surface area contributed by atoms with E-state index >= 15 is 0 Å². The van der Waals surface area contributed by atoms with Gasteiger partial charge in [0.2, 0.25) is 0 Å². The number of hydrogen-bond acceptors (Lipinski definition) is 4. The van der Waals surface area contributed by atoms with E-state index in [4.69, 9.17) is 9.51 Å². The van der Waals surface area contributed by atoms with Gasteiger partial charge in [0.25, 0.3) is 0 Å². The molecule has 0 fully saturated rings. The number of aromatic nitrogens is 3. The zero-order valence-electron chi connectivity index (χ0n) is 17.6. The van der Waals surface area contributed by atoms with Crippen LogP contribution in [0.2, 0.25) is 0 Å². The minimum atomic E-state index is 0. The van der Waals surface area contributed by atoms with Crippen molar-refractivity contribution in [1.29, 1.82) is 0 Å². The van der Waals surface area contributed by atoms with E-state index in [0.29, 0.717) is 12.5 Å². The average molecular weight is 510 g/mol. The van der Waals surface area contributed by atoms with Crippen molar-refractivity contribution in [3.05, 3.63) is 53.3 Å². The SMILES string of the molecule is CCC(CC)c1cc(CNC(=NC)NCCc2cn3cccc(C)c3n2)on1.I. The van der Waals surface area contributed by atoms with Gasteiger partial charge in [0.1, 0.15) is 5.65 Å². The van der Waals surface area contributed by atoms with Gasteiger partial charge in [0.05, 0.1) is 17.9 Å². The van der Waals surface area contributed by atoms with Gasteiger partial charge in [-0.3, -0.25) is 4.99 Å². The normalized spacial score (nSPS) is 11.7. The van der Waals surface area contributed by atoms with Crippen LogP contribution in [0, 0.1) is 6.92 Å². The topological polar surface area (TPSA) is 79.8 Å². The number of aryl methyl sites for hydroxylation is 1. The Hall–Kier alpha value is -2.10. The lowest BCUT2D eigenvalue weighted by Gasteiger charge is -2.09. The number of guanidine groups is 1. The minimum absolute atomic E-state index is 0. The van der Waals surface area contributed by atoms with E-state index in [-0.39, 0.29) is 24.0 Å². The number of fused-ring (bicyclic) bond motifs is 1. The van der Waals surface area contributed by atoms with Gasteiger partial charge in [-0.25, -0.2) is 4.98 Å². The summed E-state index contributed by atoms with van der Waals surface area (Å²) in [7, 11) is 1.76. The molecule has 0 bridgehead atoms. The maximum absolute atomic E-state index is 5.45. The second kappa shape index (κ2) is 11.2. The van der Waals surface area contributed by atoms with Crippen LogP contribution in [-0.4, -0.2) is 34.1 Å². The molecule has 29 heavy (non-hydrogen) atoms. The summed E-state index contributed by atoms with van der Waals surface area (Å²) in [5, 5.41) is 10.8. The van der Waals surface area contributed by atoms with Crippen molar-refractivity contribution in [3.8, 4) is 0 Å². The van der Waals surface area contributed by atoms with Gasteiger partial charge in [-0.15, -0.1) is 24.0 Å². The Bertz CT molecular complexity index is 928. The molecule has 7 nitrogen and oxygen atoms in total. The number of imidazole rings is 1. The molecular formula is C21H31IN6O. The summed E-state index contributed by atoms with van der Waals surface area (Å²) < 4.78 is 7.52. The fourth-order valence-corrected chi connectivity index (χ4v) is 3.34. The second-order valence-corrected chi connectivity index (χ2v) is 6.99. The summed E-state index contributed by atoms with van der Waals surface area (Å²) in [4.78, 5) is 8.98. The molecule has 0 radical (unpaired) electrons. The number of nitrogens with one attached hydrogen (secondary N) is 2. The first-order valence-corrected chi connectivity index (χ1v) is 9.97. The molecule has 0 saturated carbocycles. The van der Waals surface area contributed by atoms with Crippen molar-refractivity contribution in [3.63, 3.8) is 0 Å². The zero-order valence-corrected chi connectivity index (χ0v) is 19.9. The molecule has 0 unspecified atom stereocenters. The quantitative estimate of drug-likeness (QED) is 0.272. The monoisotopic (exact) mass is 510 g/mol. The summed E-state index contributed by atoms with van der Waals surface area (Å²) in [6.45, 7) is 7.74. The van der Waals surface area contributed by atoms with Gasteiger partial charge >= 0.3 is 0 Å². The van der Waals surface area contributed by atoms with Crippen LogP contribution in [0.25, 0.3) is 5.65 Å². The van der Waals surface area contributed by atoms with E-state index in [0.717, 1.165) is 54.6 Å². The van der Waals surface area contributed by atoms with E-state index < -0.39 is 0 Å². The summed E-state index contributed by atoms with van der Waals surface area (Å²) in [5.41, 5.74) is 4.28. The van der Waals surface area contributed by atoms with Gasteiger partial charge in [-0.2, -0.15) is 0 Å². The number of nitrogens with zero attached hydrogens (tertiary/aromatic N) is 4. The Morgan fingerprint density at radius 3 is 2.76 bits per heavy atom. The van der Waals surface area contributed by atoms with Crippen molar-refractivity contribution in [2.24, 2.45) is 4.99 Å². The molecule has 0 atom stereocenters. The van der Waals surface area contributed by atoms with Gasteiger partial charge in [-0.05, 0) is 31.4 Å². The smallest absolute Gasteiger partial charge is 0.191 e. The first kappa shape index (κ1) is 23.2. The predicted molar refractivity (Wildman–Crippen MR) is 127 cm³/mol. The lowest BCUT2D eigenvalue weighted by atomic mass is 9.99. The number of hydrogen-bond donors (Lipinski definition) is 2. The van der Waals surface area contributed by atoms with Crippen molar-refractivity contribution in [2.45, 2.75) is 52.5 Å². The summed E-state index contributed by atoms with van der Waals surface area (Å²) >= 11 is 0. The van der Waals surface area contributed by atoms with Crippen molar-refractivity contribution >= 4 is 35.6 Å². The van der Waals surface area contributed by atoms with Gasteiger partial charge in [0, 0.05) is 44.4 Å². The Morgan fingerprint density at radius 1 is 1.28 bits per heavy atom. The molecule has 0 aromatic carbocycles. The second-order valence-electron chi connectivity index (χ2n) is 6.99. The highest BCUT2D eigenvalue weighted by atomic mass is 127. The molecule has 0 aliphatic heterocycles. The van der Waals surface area contributed by atoms with E-state index in [1.54, 1.807) is 7.05 Å². The molecule has 158 valence electrons. The molecule has 0 spiro atoms. The maximum Gasteiger partial charge on any atom is 0.191 e. The molecule has 3 rings (SSSR count). The first-order chi connectivity index (χ1) is 13.6. The Morgan fingerprint density at radius 2 is 2.07 bits per heavy atom. The molecular weight excluding hydrogens is 479 g/mol. The number of pyridine rings is 1. The summed E-state index contributed by atoms with van der Waals surface area (Å²) in [6, 6.07) is 6.15. The van der Waals surface area contributed by atoms with Gasteiger partial charge in [0.15, 0.2) is 11.7 Å². The third-order valence-corrected chi connectivity index (χ3v) is 5.04. The Kier molecular flexibility index (Phi) is 8.94. The number of aliphatic imine (C=N–C) groups is 1. The van der Waals surface area contributed by atoms with Crippen LogP contribution < -0.4 is 10.6 Å². The number of halogens is 1. The van der Waals surface area contributed by atoms with E-state index in [1.165, 1.54) is 5.56 Å². The van der Waals surface area contributed by atoms with Crippen LogP contribution in [0.15, 0.2) is 40.1 Å². The molecule has 8 heteroatoms. The Balaban J connectivity index is 0.00000300.